The molecule has 1 aliphatic heterocycles. The molecule has 0 radical (unpaired) electrons. The molecule has 1 saturated heterocycles. The van der Waals surface area contributed by atoms with Crippen LogP contribution in [0.4, 0.5) is 0 Å². The van der Waals surface area contributed by atoms with Crippen LogP contribution in [0.5, 0.6) is 0 Å². The molecule has 20 heavy (non-hydrogen) atoms. The van der Waals surface area contributed by atoms with E-state index in [1.165, 1.54) is 90.6 Å². The predicted octanol–water partition coefficient (Wildman–Crippen LogP) is 3.09. The SMILES string of the molecule is CCCCCCCCCCN1CCN(CCCN)CC1. The maximum Gasteiger partial charge on any atom is 0.0110 e. The zero-order valence-corrected chi connectivity index (χ0v) is 13.8. The lowest BCUT2D eigenvalue weighted by atomic mass is 10.1. The zero-order chi connectivity index (χ0) is 14.5. The summed E-state index contributed by atoms with van der Waals surface area (Å²) >= 11 is 0. The van der Waals surface area contributed by atoms with E-state index in [4.69, 9.17) is 5.73 Å². The van der Waals surface area contributed by atoms with Crippen molar-refractivity contribution >= 4 is 0 Å². The molecule has 0 bridgehead atoms. The average Bonchev–Trinajstić information content (AvgIpc) is 2.49. The van der Waals surface area contributed by atoms with Gasteiger partial charge < -0.3 is 15.5 Å². The molecule has 0 aromatic carbocycles. The van der Waals surface area contributed by atoms with Crippen molar-refractivity contribution in [3.63, 3.8) is 0 Å². The van der Waals surface area contributed by atoms with Crippen LogP contribution in [0.25, 0.3) is 0 Å². The van der Waals surface area contributed by atoms with Gasteiger partial charge >= 0.3 is 0 Å². The number of nitrogens with zero attached hydrogens (tertiary/aromatic N) is 2. The molecule has 0 aromatic rings. The Morgan fingerprint density at radius 1 is 0.650 bits per heavy atom. The third kappa shape index (κ3) is 8.93. The molecular weight excluding hydrogens is 246 g/mol. The van der Waals surface area contributed by atoms with Crippen LogP contribution < -0.4 is 5.73 Å². The van der Waals surface area contributed by atoms with Gasteiger partial charge in [-0.2, -0.15) is 0 Å². The number of unbranched alkanes of at least 4 members (excludes halogenated alkanes) is 7. The van der Waals surface area contributed by atoms with Crippen LogP contribution >= 0.6 is 0 Å². The Balaban J connectivity index is 1.86. The van der Waals surface area contributed by atoms with Crippen molar-refractivity contribution in [1.82, 2.24) is 9.80 Å². The molecule has 0 saturated carbocycles. The number of hydrogen-bond acceptors (Lipinski definition) is 3. The lowest BCUT2D eigenvalue weighted by molar-refractivity contribution is 0.130. The van der Waals surface area contributed by atoms with Crippen LogP contribution in [0.3, 0.4) is 0 Å². The van der Waals surface area contributed by atoms with Crippen molar-refractivity contribution in [2.24, 2.45) is 5.73 Å². The highest BCUT2D eigenvalue weighted by molar-refractivity contribution is 4.71. The number of nitrogens with two attached hydrogens (primary N) is 1. The highest BCUT2D eigenvalue weighted by atomic mass is 15.3. The molecule has 120 valence electrons. The maximum atomic E-state index is 5.57. The van der Waals surface area contributed by atoms with Gasteiger partial charge in [0, 0.05) is 26.2 Å². The van der Waals surface area contributed by atoms with Crippen LogP contribution in [-0.4, -0.2) is 55.6 Å². The summed E-state index contributed by atoms with van der Waals surface area (Å²) in [5.74, 6) is 0. The van der Waals surface area contributed by atoms with Crippen molar-refractivity contribution in [3.05, 3.63) is 0 Å². The summed E-state index contributed by atoms with van der Waals surface area (Å²) < 4.78 is 0. The second-order valence-corrected chi connectivity index (χ2v) is 6.30. The molecule has 1 rings (SSSR count). The molecule has 3 heteroatoms. The van der Waals surface area contributed by atoms with E-state index in [0.717, 1.165) is 13.0 Å². The molecule has 2 N–H and O–H groups in total. The first-order chi connectivity index (χ1) is 9.86. The zero-order valence-electron chi connectivity index (χ0n) is 13.8. The van der Waals surface area contributed by atoms with Gasteiger partial charge in [0.25, 0.3) is 0 Å². The molecule has 0 unspecified atom stereocenters. The minimum Gasteiger partial charge on any atom is -0.330 e. The summed E-state index contributed by atoms with van der Waals surface area (Å²) in [6.45, 7) is 10.7. The predicted molar refractivity (Wildman–Crippen MR) is 89.2 cm³/mol. The summed E-state index contributed by atoms with van der Waals surface area (Å²) in [6, 6.07) is 0. The molecule has 0 atom stereocenters. The molecule has 0 amide bonds. The molecule has 3 nitrogen and oxygen atoms in total. The largest absolute Gasteiger partial charge is 0.330 e. The third-order valence-electron chi connectivity index (χ3n) is 4.47. The average molecular weight is 284 g/mol. The second kappa shape index (κ2) is 12.6. The fraction of sp³-hybridized carbons (Fsp3) is 1.00. The van der Waals surface area contributed by atoms with Crippen LogP contribution in [0.1, 0.15) is 64.7 Å². The minimum absolute atomic E-state index is 0.832. The number of rotatable bonds is 12. The van der Waals surface area contributed by atoms with E-state index in [-0.39, 0.29) is 0 Å². The normalized spacial score (nSPS) is 17.7. The minimum atomic E-state index is 0.832. The van der Waals surface area contributed by atoms with Crippen molar-refractivity contribution < 1.29 is 0 Å². The van der Waals surface area contributed by atoms with E-state index in [0.29, 0.717) is 0 Å². The highest BCUT2D eigenvalue weighted by Crippen LogP contribution is 2.10. The maximum absolute atomic E-state index is 5.57. The van der Waals surface area contributed by atoms with Gasteiger partial charge in [-0.3, -0.25) is 0 Å². The summed E-state index contributed by atoms with van der Waals surface area (Å²) in [7, 11) is 0. The Morgan fingerprint density at radius 3 is 1.60 bits per heavy atom. The van der Waals surface area contributed by atoms with Crippen molar-refractivity contribution in [2.75, 3.05) is 45.8 Å². The Morgan fingerprint density at radius 2 is 1.10 bits per heavy atom. The molecule has 0 aliphatic carbocycles. The fourth-order valence-electron chi connectivity index (χ4n) is 3.02. The molecular formula is C17H37N3. The van der Waals surface area contributed by atoms with E-state index in [1.807, 2.05) is 0 Å². The van der Waals surface area contributed by atoms with Crippen LogP contribution in [-0.2, 0) is 0 Å². The van der Waals surface area contributed by atoms with Gasteiger partial charge in [-0.25, -0.2) is 0 Å². The Labute approximate surface area is 126 Å². The number of piperazine rings is 1. The summed E-state index contributed by atoms with van der Waals surface area (Å²) in [4.78, 5) is 5.22. The van der Waals surface area contributed by atoms with E-state index >= 15 is 0 Å². The van der Waals surface area contributed by atoms with Gasteiger partial charge in [0.2, 0.25) is 0 Å². The molecule has 0 spiro atoms. The lowest BCUT2D eigenvalue weighted by Crippen LogP contribution is -2.46. The molecule has 0 aromatic heterocycles. The Kier molecular flexibility index (Phi) is 11.3. The second-order valence-electron chi connectivity index (χ2n) is 6.30. The van der Waals surface area contributed by atoms with Gasteiger partial charge in [-0.1, -0.05) is 51.9 Å². The quantitative estimate of drug-likeness (QED) is 0.559. The summed E-state index contributed by atoms with van der Waals surface area (Å²) in [6.07, 6.45) is 12.6. The summed E-state index contributed by atoms with van der Waals surface area (Å²) in [5, 5.41) is 0. The Bertz CT molecular complexity index is 200. The first kappa shape index (κ1) is 17.9. The van der Waals surface area contributed by atoms with Gasteiger partial charge in [-0.15, -0.1) is 0 Å². The standard InChI is InChI=1S/C17H37N3/c1-2-3-4-5-6-7-8-9-12-19-14-16-20(17-15-19)13-10-11-18/h2-18H2,1H3. The van der Waals surface area contributed by atoms with Crippen molar-refractivity contribution in [2.45, 2.75) is 64.7 Å². The molecule has 1 fully saturated rings. The van der Waals surface area contributed by atoms with Gasteiger partial charge in [0.05, 0.1) is 0 Å². The van der Waals surface area contributed by atoms with Crippen LogP contribution in [0.15, 0.2) is 0 Å². The van der Waals surface area contributed by atoms with E-state index < -0.39 is 0 Å². The first-order valence-electron chi connectivity index (χ1n) is 9.01. The van der Waals surface area contributed by atoms with Crippen molar-refractivity contribution in [1.29, 1.82) is 0 Å². The number of hydrogen-bond donors (Lipinski definition) is 1. The smallest absolute Gasteiger partial charge is 0.0110 e. The van der Waals surface area contributed by atoms with Gasteiger partial charge in [0.15, 0.2) is 0 Å². The highest BCUT2D eigenvalue weighted by Gasteiger charge is 2.15. The first-order valence-corrected chi connectivity index (χ1v) is 9.01. The lowest BCUT2D eigenvalue weighted by Gasteiger charge is -2.34. The molecule has 1 heterocycles. The van der Waals surface area contributed by atoms with E-state index in [9.17, 15) is 0 Å². The fourth-order valence-corrected chi connectivity index (χ4v) is 3.02. The third-order valence-corrected chi connectivity index (χ3v) is 4.47. The monoisotopic (exact) mass is 283 g/mol. The topological polar surface area (TPSA) is 32.5 Å². The van der Waals surface area contributed by atoms with Crippen LogP contribution in [0.2, 0.25) is 0 Å². The van der Waals surface area contributed by atoms with Crippen molar-refractivity contribution in [3.8, 4) is 0 Å². The summed E-state index contributed by atoms with van der Waals surface area (Å²) in [5.41, 5.74) is 5.57. The van der Waals surface area contributed by atoms with E-state index in [2.05, 4.69) is 16.7 Å². The van der Waals surface area contributed by atoms with Gasteiger partial charge in [0.1, 0.15) is 0 Å². The van der Waals surface area contributed by atoms with Crippen LogP contribution in [0, 0.1) is 0 Å². The van der Waals surface area contributed by atoms with Gasteiger partial charge in [-0.05, 0) is 32.5 Å². The Hall–Kier alpha value is -0.120. The van der Waals surface area contributed by atoms with E-state index in [1.54, 1.807) is 0 Å². The molecule has 1 aliphatic rings.